The van der Waals surface area contributed by atoms with Crippen LogP contribution in [0.5, 0.6) is 0 Å². The maximum absolute atomic E-state index is 13.9. The minimum atomic E-state index is -1.01. The number of piperidine rings is 1. The van der Waals surface area contributed by atoms with Crippen LogP contribution in [0.3, 0.4) is 0 Å². The number of anilines is 3. The second-order valence-corrected chi connectivity index (χ2v) is 17.3. The van der Waals surface area contributed by atoms with Crippen LogP contribution in [0.1, 0.15) is 82.0 Å². The van der Waals surface area contributed by atoms with E-state index in [1.807, 2.05) is 42.5 Å². The van der Waals surface area contributed by atoms with E-state index in [9.17, 15) is 28.8 Å². The van der Waals surface area contributed by atoms with Crippen molar-refractivity contribution in [2.24, 2.45) is 28.1 Å². The first-order valence-electron chi connectivity index (χ1n) is 23.2. The second kappa shape index (κ2) is 25.9. The maximum Gasteiger partial charge on any atom is 0.257 e. The zero-order valence-corrected chi connectivity index (χ0v) is 38.2. The zero-order valence-electron chi connectivity index (χ0n) is 38.2. The van der Waals surface area contributed by atoms with E-state index in [-0.39, 0.29) is 30.1 Å². The Hall–Kier alpha value is -5.47. The van der Waals surface area contributed by atoms with Crippen molar-refractivity contribution in [2.45, 2.75) is 89.8 Å². The Labute approximate surface area is 383 Å². The summed E-state index contributed by atoms with van der Waals surface area (Å²) in [6.07, 6.45) is 7.36. The molecule has 6 amide bonds. The van der Waals surface area contributed by atoms with Gasteiger partial charge in [0.1, 0.15) is 12.1 Å². The van der Waals surface area contributed by atoms with Crippen LogP contribution < -0.4 is 48.7 Å². The quantitative estimate of drug-likeness (QED) is 0.0437. The van der Waals surface area contributed by atoms with Crippen LogP contribution in [0.15, 0.2) is 53.5 Å². The Morgan fingerprint density at radius 3 is 2.12 bits per heavy atom. The van der Waals surface area contributed by atoms with E-state index in [1.165, 1.54) is 26.7 Å². The van der Waals surface area contributed by atoms with Crippen LogP contribution in [-0.2, 0) is 24.0 Å². The Bertz CT molecular complexity index is 1940. The molecule has 3 atom stereocenters. The number of benzene rings is 2. The number of para-hydroxylation sites is 3. The molecule has 11 N–H and O–H groups in total. The number of amides is 6. The summed E-state index contributed by atoms with van der Waals surface area (Å²) in [5, 5.41) is 13.9. The van der Waals surface area contributed by atoms with E-state index in [1.54, 1.807) is 11.0 Å². The molecule has 5 rings (SSSR count). The van der Waals surface area contributed by atoms with Gasteiger partial charge in [0.15, 0.2) is 5.96 Å². The van der Waals surface area contributed by atoms with E-state index in [0.717, 1.165) is 71.6 Å². The summed E-state index contributed by atoms with van der Waals surface area (Å²) in [7, 11) is 0. The van der Waals surface area contributed by atoms with Gasteiger partial charge in [0.2, 0.25) is 29.5 Å². The minimum Gasteiger partial charge on any atom is -0.370 e. The van der Waals surface area contributed by atoms with Gasteiger partial charge in [-0.3, -0.25) is 53.8 Å². The highest BCUT2D eigenvalue weighted by atomic mass is 16.2. The molecule has 65 heavy (non-hydrogen) atoms. The van der Waals surface area contributed by atoms with Gasteiger partial charge in [0.05, 0.1) is 35.2 Å². The standard InChI is InChI=1S/C46H71N13O6/c1-32(42(62)55-45(65)38(14-9-20-47)53-33(2)60)52-44(64)37(15-10-21-51-46(48)49)50-22-26-57-29-27-56(28-30-57)23-8-7-11-34-18-24-58(25-19-34)31-41(61)59-39-16-5-3-12-35(39)43(63)54-36-13-4-6-17-40(36)59/h3-6,12-13,16-17,32,34,37-38,50H,7-11,14-15,18-31,47H2,1-2H3,(H,52,64)(H,53,60)(H,54,63)(H4,48,49,51)(H,55,62,65)/t32-,37-,38+/m0/s1. The van der Waals surface area contributed by atoms with Gasteiger partial charge in [-0.05, 0) is 108 Å². The molecule has 0 radical (unpaired) electrons. The van der Waals surface area contributed by atoms with Crippen molar-refractivity contribution in [2.75, 3.05) is 88.8 Å². The van der Waals surface area contributed by atoms with Crippen LogP contribution in [0.25, 0.3) is 0 Å². The van der Waals surface area contributed by atoms with Crippen LogP contribution in [0.4, 0.5) is 17.1 Å². The molecule has 0 spiro atoms. The topological polar surface area (TPSA) is 266 Å². The van der Waals surface area contributed by atoms with E-state index in [2.05, 4.69) is 46.3 Å². The molecule has 0 unspecified atom stereocenters. The lowest BCUT2D eigenvalue weighted by Gasteiger charge is -2.35. The Morgan fingerprint density at radius 2 is 1.43 bits per heavy atom. The van der Waals surface area contributed by atoms with E-state index in [0.29, 0.717) is 74.0 Å². The van der Waals surface area contributed by atoms with E-state index < -0.39 is 35.8 Å². The SMILES string of the molecule is CC(=O)N[C@H](CCCN)C(=O)NC(=O)[C@H](C)NC(=O)[C@H](CCCN=C(N)N)NCCN1CCN(CCCCC2CCN(CC(=O)N3c4ccccc4NC(=O)c4ccccc43)CC2)CC1. The Balaban J connectivity index is 0.978. The molecule has 2 saturated heterocycles. The highest BCUT2D eigenvalue weighted by Crippen LogP contribution is 2.38. The van der Waals surface area contributed by atoms with Crippen molar-refractivity contribution in [3.63, 3.8) is 0 Å². The summed E-state index contributed by atoms with van der Waals surface area (Å²) < 4.78 is 0. The Morgan fingerprint density at radius 1 is 0.769 bits per heavy atom. The van der Waals surface area contributed by atoms with E-state index in [4.69, 9.17) is 17.2 Å². The highest BCUT2D eigenvalue weighted by Gasteiger charge is 2.31. The van der Waals surface area contributed by atoms with Crippen molar-refractivity contribution >= 4 is 58.5 Å². The second-order valence-electron chi connectivity index (χ2n) is 17.3. The fourth-order valence-electron chi connectivity index (χ4n) is 8.68. The van der Waals surface area contributed by atoms with Crippen molar-refractivity contribution in [3.8, 4) is 0 Å². The number of likely N-dealkylation sites (tertiary alicyclic amines) is 1. The minimum absolute atomic E-state index is 0.0257. The predicted molar refractivity (Wildman–Crippen MR) is 252 cm³/mol. The van der Waals surface area contributed by atoms with Crippen LogP contribution >= 0.6 is 0 Å². The molecule has 2 aromatic carbocycles. The third kappa shape index (κ3) is 15.9. The van der Waals surface area contributed by atoms with Crippen LogP contribution in [0.2, 0.25) is 0 Å². The maximum atomic E-state index is 13.9. The largest absolute Gasteiger partial charge is 0.370 e. The summed E-state index contributed by atoms with van der Waals surface area (Å²) in [5.74, 6) is -1.76. The van der Waals surface area contributed by atoms with Gasteiger partial charge in [-0.2, -0.15) is 0 Å². The number of carbonyl (C=O) groups is 6. The molecule has 0 bridgehead atoms. The molecule has 3 aliphatic rings. The van der Waals surface area contributed by atoms with Crippen molar-refractivity contribution in [1.82, 2.24) is 36.0 Å². The molecule has 3 aliphatic heterocycles. The average molecular weight is 902 g/mol. The molecule has 19 nitrogen and oxygen atoms in total. The van der Waals surface area contributed by atoms with Crippen molar-refractivity contribution in [1.29, 1.82) is 0 Å². The first kappa shape index (κ1) is 50.5. The van der Waals surface area contributed by atoms with Gasteiger partial charge in [-0.25, -0.2) is 0 Å². The van der Waals surface area contributed by atoms with Gasteiger partial charge in [0.25, 0.3) is 5.91 Å². The van der Waals surface area contributed by atoms with Gasteiger partial charge in [-0.15, -0.1) is 0 Å². The molecule has 3 heterocycles. The zero-order chi connectivity index (χ0) is 46.7. The van der Waals surface area contributed by atoms with Gasteiger partial charge < -0.3 is 43.4 Å². The monoisotopic (exact) mass is 902 g/mol. The van der Waals surface area contributed by atoms with Crippen molar-refractivity contribution in [3.05, 3.63) is 54.1 Å². The molecule has 2 fully saturated rings. The number of hydrogen-bond acceptors (Lipinski definition) is 12. The average Bonchev–Trinajstić information content (AvgIpc) is 3.41. The molecule has 19 heteroatoms. The summed E-state index contributed by atoms with van der Waals surface area (Å²) in [6.45, 7) is 11.7. The number of imide groups is 1. The summed E-state index contributed by atoms with van der Waals surface area (Å²) >= 11 is 0. The predicted octanol–water partition coefficient (Wildman–Crippen LogP) is 0.820. The number of nitrogens with two attached hydrogens (primary N) is 3. The molecular weight excluding hydrogens is 831 g/mol. The third-order valence-corrected chi connectivity index (χ3v) is 12.4. The van der Waals surface area contributed by atoms with Crippen molar-refractivity contribution < 1.29 is 28.8 Å². The number of hydrogen-bond donors (Lipinski definition) is 8. The van der Waals surface area contributed by atoms with Gasteiger partial charge in [-0.1, -0.05) is 37.1 Å². The number of nitrogens with one attached hydrogen (secondary N) is 5. The lowest BCUT2D eigenvalue weighted by Crippen LogP contribution is -2.55. The van der Waals surface area contributed by atoms with Gasteiger partial charge >= 0.3 is 0 Å². The summed E-state index contributed by atoms with van der Waals surface area (Å²) in [4.78, 5) is 90.4. The summed E-state index contributed by atoms with van der Waals surface area (Å²) in [6, 6.07) is 12.2. The molecule has 356 valence electrons. The number of unbranched alkanes of at least 4 members (excludes halogenated alkanes) is 1. The number of piperazine rings is 1. The molecule has 0 aliphatic carbocycles. The summed E-state index contributed by atoms with van der Waals surface area (Å²) in [5.41, 5.74) is 18.9. The lowest BCUT2D eigenvalue weighted by atomic mass is 9.91. The fourth-order valence-corrected chi connectivity index (χ4v) is 8.68. The first-order chi connectivity index (χ1) is 31.3. The fraction of sp³-hybridized carbons (Fsp3) is 0.587. The van der Waals surface area contributed by atoms with E-state index >= 15 is 0 Å². The van der Waals surface area contributed by atoms with Crippen LogP contribution in [-0.4, -0.2) is 153 Å². The number of nitrogens with zero attached hydrogens (tertiary/aromatic N) is 5. The highest BCUT2D eigenvalue weighted by molar-refractivity contribution is 6.18. The molecule has 2 aromatic rings. The molecule has 0 aromatic heterocycles. The lowest BCUT2D eigenvalue weighted by molar-refractivity contribution is -0.136. The number of carbonyl (C=O) groups excluding carboxylic acids is 6. The number of rotatable bonds is 23. The van der Waals surface area contributed by atoms with Crippen LogP contribution in [0, 0.1) is 5.92 Å². The smallest absolute Gasteiger partial charge is 0.257 e. The molecule has 0 saturated carbocycles. The number of fused-ring (bicyclic) bond motifs is 2. The number of aliphatic imine (C=N–C) groups is 1. The first-order valence-corrected chi connectivity index (χ1v) is 23.2. The normalized spacial score (nSPS) is 17.3. The van der Waals surface area contributed by atoms with Gasteiger partial charge in [0, 0.05) is 52.7 Å². The number of guanidine groups is 1. The third-order valence-electron chi connectivity index (χ3n) is 12.4. The molecular formula is C46H71N13O6. The Kier molecular flexibility index (Phi) is 20.1.